The van der Waals surface area contributed by atoms with Gasteiger partial charge in [-0.15, -0.1) is 0 Å². The maximum absolute atomic E-state index is 12.9. The van der Waals surface area contributed by atoms with E-state index in [9.17, 15) is 22.8 Å². The number of hydrogen-bond acceptors (Lipinski definition) is 5. The molecule has 0 aliphatic carbocycles. The molecule has 2 N–H and O–H groups in total. The molecule has 1 amide bonds. The number of amides is 1. The zero-order valence-electron chi connectivity index (χ0n) is 15.7. The van der Waals surface area contributed by atoms with E-state index in [1.807, 2.05) is 0 Å². The van der Waals surface area contributed by atoms with Crippen LogP contribution in [0, 0.1) is 0 Å². The highest BCUT2D eigenvalue weighted by Crippen LogP contribution is 2.29. The van der Waals surface area contributed by atoms with Crippen molar-refractivity contribution in [3.05, 3.63) is 76.2 Å². The number of aliphatic hydroxyl groups excluding tert-OH is 1. The van der Waals surface area contributed by atoms with Gasteiger partial charge in [-0.1, -0.05) is 18.2 Å². The molecule has 1 atom stereocenters. The minimum Gasteiger partial charge on any atom is -0.394 e. The van der Waals surface area contributed by atoms with E-state index in [0.29, 0.717) is 11.9 Å². The van der Waals surface area contributed by atoms with Crippen molar-refractivity contribution in [2.75, 3.05) is 6.61 Å². The molecule has 7 nitrogen and oxygen atoms in total. The fourth-order valence-electron chi connectivity index (χ4n) is 2.59. The number of aromatic nitrogens is 3. The summed E-state index contributed by atoms with van der Waals surface area (Å²) in [7, 11) is 0. The van der Waals surface area contributed by atoms with Gasteiger partial charge >= 0.3 is 6.18 Å². The van der Waals surface area contributed by atoms with Crippen molar-refractivity contribution in [2.24, 2.45) is 0 Å². The average molecular weight is 418 g/mol. The molecule has 0 spiro atoms. The lowest BCUT2D eigenvalue weighted by Gasteiger charge is -2.13. The van der Waals surface area contributed by atoms with Gasteiger partial charge in [-0.05, 0) is 37.3 Å². The van der Waals surface area contributed by atoms with Crippen LogP contribution in [-0.4, -0.2) is 38.4 Å². The maximum atomic E-state index is 12.9. The number of carbonyl (C=O) groups excluding carboxylic acids is 1. The lowest BCUT2D eigenvalue weighted by Crippen LogP contribution is -2.39. The van der Waals surface area contributed by atoms with Crippen LogP contribution >= 0.6 is 0 Å². The highest BCUT2D eigenvalue weighted by atomic mass is 19.4. The van der Waals surface area contributed by atoms with Crippen LogP contribution in [-0.2, 0) is 6.18 Å². The number of benzene rings is 1. The average Bonchev–Trinajstić information content (AvgIpc) is 2.73. The van der Waals surface area contributed by atoms with Crippen LogP contribution in [0.4, 0.5) is 13.2 Å². The lowest BCUT2D eigenvalue weighted by molar-refractivity contribution is -0.137. The van der Waals surface area contributed by atoms with Gasteiger partial charge < -0.3 is 10.4 Å². The Kier molecular flexibility index (Phi) is 5.97. The molecule has 30 heavy (non-hydrogen) atoms. The Hall–Kier alpha value is -3.53. The van der Waals surface area contributed by atoms with Crippen LogP contribution in [0.1, 0.15) is 22.8 Å². The normalized spacial score (nSPS) is 12.4. The second kappa shape index (κ2) is 8.46. The molecule has 1 aromatic carbocycles. The lowest BCUT2D eigenvalue weighted by atomic mass is 10.1. The second-order valence-electron chi connectivity index (χ2n) is 6.48. The van der Waals surface area contributed by atoms with Gasteiger partial charge in [0.25, 0.3) is 11.5 Å². The van der Waals surface area contributed by atoms with Crippen LogP contribution in [0.15, 0.2) is 59.5 Å². The molecule has 0 bridgehead atoms. The van der Waals surface area contributed by atoms with Gasteiger partial charge in [0.05, 0.1) is 23.6 Å². The summed E-state index contributed by atoms with van der Waals surface area (Å²) < 4.78 is 39.4. The molecule has 0 saturated heterocycles. The second-order valence-corrected chi connectivity index (χ2v) is 6.48. The fourth-order valence-corrected chi connectivity index (χ4v) is 2.59. The zero-order chi connectivity index (χ0) is 21.9. The Balaban J connectivity index is 2.14. The van der Waals surface area contributed by atoms with Gasteiger partial charge in [-0.2, -0.15) is 23.0 Å². The number of aliphatic hydroxyl groups is 1. The molecule has 0 aliphatic heterocycles. The van der Waals surface area contributed by atoms with E-state index in [4.69, 9.17) is 5.11 Å². The van der Waals surface area contributed by atoms with E-state index in [0.717, 1.165) is 22.9 Å². The zero-order valence-corrected chi connectivity index (χ0v) is 15.7. The summed E-state index contributed by atoms with van der Waals surface area (Å²) in [6, 6.07) is 10.8. The summed E-state index contributed by atoms with van der Waals surface area (Å²) >= 11 is 0. The number of para-hydroxylation sites is 1. The number of hydrogen-bond donors (Lipinski definition) is 2. The first-order valence-corrected chi connectivity index (χ1v) is 8.86. The monoisotopic (exact) mass is 418 g/mol. The standard InChI is InChI=1S/C20H17F3N4O3/c1-12(11-28)25-18(29)15-9-17(16-8-7-13(10-24-16)20(21,22)23)26-27(19(15)30)14-5-3-2-4-6-14/h2-10,12,28H,11H2,1H3,(H,25,29)/t12-/m0/s1. The number of pyridine rings is 1. The molecule has 0 saturated carbocycles. The summed E-state index contributed by atoms with van der Waals surface area (Å²) in [5.41, 5.74) is -1.49. The van der Waals surface area contributed by atoms with Crippen molar-refractivity contribution in [2.45, 2.75) is 19.1 Å². The van der Waals surface area contributed by atoms with Gasteiger partial charge in [0.1, 0.15) is 11.3 Å². The number of rotatable bonds is 5. The molecule has 0 unspecified atom stereocenters. The highest BCUT2D eigenvalue weighted by Gasteiger charge is 2.31. The Morgan fingerprint density at radius 1 is 1.17 bits per heavy atom. The van der Waals surface area contributed by atoms with E-state index in [1.165, 1.54) is 0 Å². The van der Waals surface area contributed by atoms with Crippen LogP contribution in [0.25, 0.3) is 17.1 Å². The molecular weight excluding hydrogens is 401 g/mol. The number of nitrogens with zero attached hydrogens (tertiary/aromatic N) is 3. The van der Waals surface area contributed by atoms with Gasteiger partial charge in [0.15, 0.2) is 0 Å². The fraction of sp³-hybridized carbons (Fsp3) is 0.200. The third-order valence-corrected chi connectivity index (χ3v) is 4.16. The van der Waals surface area contributed by atoms with E-state index in [1.54, 1.807) is 37.3 Å². The van der Waals surface area contributed by atoms with Crippen molar-refractivity contribution >= 4 is 5.91 Å². The third kappa shape index (κ3) is 4.54. The van der Waals surface area contributed by atoms with Crippen LogP contribution < -0.4 is 10.9 Å². The number of alkyl halides is 3. The quantitative estimate of drug-likeness (QED) is 0.663. The van der Waals surface area contributed by atoms with Gasteiger partial charge in [-0.25, -0.2) is 0 Å². The first-order chi connectivity index (χ1) is 14.2. The molecule has 156 valence electrons. The smallest absolute Gasteiger partial charge is 0.394 e. The van der Waals surface area contributed by atoms with Crippen LogP contribution in [0.2, 0.25) is 0 Å². The van der Waals surface area contributed by atoms with Crippen LogP contribution in [0.3, 0.4) is 0 Å². The first-order valence-electron chi connectivity index (χ1n) is 8.86. The Labute approximate surface area is 168 Å². The van der Waals surface area contributed by atoms with Gasteiger partial charge in [-0.3, -0.25) is 14.6 Å². The largest absolute Gasteiger partial charge is 0.417 e. The van der Waals surface area contributed by atoms with Gasteiger partial charge in [0, 0.05) is 12.2 Å². The van der Waals surface area contributed by atoms with Crippen molar-refractivity contribution in [3.8, 4) is 17.1 Å². The molecule has 3 aromatic rings. The molecule has 10 heteroatoms. The van der Waals surface area contributed by atoms with Crippen LogP contribution in [0.5, 0.6) is 0 Å². The summed E-state index contributed by atoms with van der Waals surface area (Å²) in [6.45, 7) is 1.21. The van der Waals surface area contributed by atoms with Crippen molar-refractivity contribution < 1.29 is 23.1 Å². The SMILES string of the molecule is C[C@@H](CO)NC(=O)c1cc(-c2ccc(C(F)(F)F)cn2)nn(-c2ccccc2)c1=O. The molecule has 0 radical (unpaired) electrons. The van der Waals surface area contributed by atoms with Crippen molar-refractivity contribution in [3.63, 3.8) is 0 Å². The van der Waals surface area contributed by atoms with E-state index in [2.05, 4.69) is 15.4 Å². The van der Waals surface area contributed by atoms with E-state index >= 15 is 0 Å². The van der Waals surface area contributed by atoms with Gasteiger partial charge in [0.2, 0.25) is 0 Å². The Bertz CT molecular complexity index is 1100. The molecule has 2 aromatic heterocycles. The Morgan fingerprint density at radius 2 is 1.87 bits per heavy atom. The number of carbonyl (C=O) groups is 1. The number of nitrogens with one attached hydrogen (secondary N) is 1. The summed E-state index contributed by atoms with van der Waals surface area (Å²) in [4.78, 5) is 29.2. The summed E-state index contributed by atoms with van der Waals surface area (Å²) in [5, 5.41) is 15.8. The molecule has 0 fully saturated rings. The summed E-state index contributed by atoms with van der Waals surface area (Å²) in [5.74, 6) is -0.748. The highest BCUT2D eigenvalue weighted by molar-refractivity contribution is 5.94. The maximum Gasteiger partial charge on any atom is 0.417 e. The van der Waals surface area contributed by atoms with E-state index < -0.39 is 29.2 Å². The van der Waals surface area contributed by atoms with Crippen molar-refractivity contribution in [1.29, 1.82) is 0 Å². The predicted octanol–water partition coefficient (Wildman–Crippen LogP) is 2.42. The molecule has 2 heterocycles. The first kappa shape index (κ1) is 21.2. The van der Waals surface area contributed by atoms with Crippen molar-refractivity contribution in [1.82, 2.24) is 20.1 Å². The summed E-state index contributed by atoms with van der Waals surface area (Å²) in [6.07, 6.45) is -3.89. The predicted molar refractivity (Wildman–Crippen MR) is 102 cm³/mol. The van der Waals surface area contributed by atoms with E-state index in [-0.39, 0.29) is 23.6 Å². The minimum atomic E-state index is -4.55. The molecule has 3 rings (SSSR count). The molecular formula is C20H17F3N4O3. The topological polar surface area (TPSA) is 97.1 Å². The number of halogens is 3. The minimum absolute atomic E-state index is 0.0361. The Morgan fingerprint density at radius 3 is 2.43 bits per heavy atom. The molecule has 0 aliphatic rings. The third-order valence-electron chi connectivity index (χ3n) is 4.16.